The molecule has 29 heavy (non-hydrogen) atoms. The van der Waals surface area contributed by atoms with Crippen LogP contribution in [0.3, 0.4) is 0 Å². The molecule has 2 unspecified atom stereocenters. The van der Waals surface area contributed by atoms with Crippen molar-refractivity contribution in [3.63, 3.8) is 0 Å². The topological polar surface area (TPSA) is 97.7 Å². The van der Waals surface area contributed by atoms with Crippen LogP contribution in [0.5, 0.6) is 0 Å². The summed E-state index contributed by atoms with van der Waals surface area (Å²) in [7, 11) is -4.05. The minimum atomic E-state index is -4.05. The normalized spacial score (nSPS) is 22.4. The van der Waals surface area contributed by atoms with Crippen molar-refractivity contribution < 1.29 is 8.42 Å². The Hall–Kier alpha value is -2.52. The Morgan fingerprint density at radius 1 is 1.24 bits per heavy atom. The Bertz CT molecular complexity index is 1350. The number of halogens is 1. The molecule has 0 spiro atoms. The van der Waals surface area contributed by atoms with E-state index in [2.05, 4.69) is 30.9 Å². The van der Waals surface area contributed by atoms with Crippen molar-refractivity contribution in [2.45, 2.75) is 31.4 Å². The summed E-state index contributed by atoms with van der Waals surface area (Å²) in [6, 6.07) is 5.09. The number of aromatic amines is 1. The monoisotopic (exact) mass is 474 g/mol. The third-order valence-electron chi connectivity index (χ3n) is 5.57. The lowest BCUT2D eigenvalue weighted by atomic mass is 9.81. The standard InChI is InChI=1S/C20H19BrN4O3S/c1-12-8-15(21)10-16(17-9-13(2)23-11-24-17)20(12,3)29(27,28)25-7-5-14-4-6-22-19(26)18(14)25/h4-11,16H,1-3H3,(H,22,26). The third-order valence-corrected chi connectivity index (χ3v) is 8.53. The molecule has 1 N–H and O–H groups in total. The number of hydrogen-bond acceptors (Lipinski definition) is 5. The van der Waals surface area contributed by atoms with E-state index in [1.165, 1.54) is 18.7 Å². The van der Waals surface area contributed by atoms with Gasteiger partial charge in [0.1, 0.15) is 16.6 Å². The van der Waals surface area contributed by atoms with Gasteiger partial charge in [0.2, 0.25) is 10.0 Å². The number of nitrogens with zero attached hydrogens (tertiary/aromatic N) is 3. The summed E-state index contributed by atoms with van der Waals surface area (Å²) in [6.07, 6.45) is 7.99. The van der Waals surface area contributed by atoms with Gasteiger partial charge in [0, 0.05) is 33.9 Å². The average Bonchev–Trinajstić information content (AvgIpc) is 3.11. The highest BCUT2D eigenvalue weighted by atomic mass is 79.9. The molecule has 4 rings (SSSR count). The number of pyridine rings is 1. The molecule has 0 saturated carbocycles. The summed E-state index contributed by atoms with van der Waals surface area (Å²) >= 11 is 3.49. The fraction of sp³-hybridized carbons (Fsp3) is 0.250. The zero-order valence-electron chi connectivity index (χ0n) is 16.0. The van der Waals surface area contributed by atoms with Crippen LogP contribution in [0.25, 0.3) is 10.9 Å². The first-order valence-electron chi connectivity index (χ1n) is 8.95. The molecule has 9 heteroatoms. The summed E-state index contributed by atoms with van der Waals surface area (Å²) in [5, 5.41) is 0.560. The lowest BCUT2D eigenvalue weighted by molar-refractivity contribution is 0.520. The second-order valence-electron chi connectivity index (χ2n) is 7.28. The van der Waals surface area contributed by atoms with Crippen molar-refractivity contribution in [1.82, 2.24) is 18.9 Å². The number of aryl methyl sites for hydroxylation is 1. The molecule has 0 amide bonds. The van der Waals surface area contributed by atoms with Gasteiger partial charge in [-0.1, -0.05) is 22.0 Å². The lowest BCUT2D eigenvalue weighted by Crippen LogP contribution is -2.47. The minimum absolute atomic E-state index is 0.104. The Balaban J connectivity index is 2.01. The van der Waals surface area contributed by atoms with Crippen LogP contribution in [0.4, 0.5) is 0 Å². The largest absolute Gasteiger partial charge is 0.327 e. The second-order valence-corrected chi connectivity index (χ2v) is 10.4. The van der Waals surface area contributed by atoms with Crippen LogP contribution in [0, 0.1) is 6.92 Å². The van der Waals surface area contributed by atoms with Gasteiger partial charge in [0.05, 0.1) is 5.69 Å². The van der Waals surface area contributed by atoms with E-state index in [0.717, 1.165) is 14.1 Å². The smallest absolute Gasteiger partial charge is 0.273 e. The maximum absolute atomic E-state index is 14.0. The highest BCUT2D eigenvalue weighted by Gasteiger charge is 2.51. The summed E-state index contributed by atoms with van der Waals surface area (Å²) in [5.41, 5.74) is 1.63. The molecule has 3 aromatic rings. The molecule has 0 radical (unpaired) electrons. The van der Waals surface area contributed by atoms with Crippen LogP contribution in [-0.4, -0.2) is 32.1 Å². The number of rotatable bonds is 3. The number of nitrogens with one attached hydrogen (secondary N) is 1. The van der Waals surface area contributed by atoms with Crippen molar-refractivity contribution in [2.24, 2.45) is 0 Å². The molecule has 1 aliphatic rings. The third kappa shape index (κ3) is 2.91. The summed E-state index contributed by atoms with van der Waals surface area (Å²) < 4.78 is 28.5. The lowest BCUT2D eigenvalue weighted by Gasteiger charge is -2.39. The van der Waals surface area contributed by atoms with E-state index in [1.807, 2.05) is 13.0 Å². The molecular weight excluding hydrogens is 456 g/mol. The quantitative estimate of drug-likeness (QED) is 0.627. The van der Waals surface area contributed by atoms with Gasteiger partial charge in [-0.05, 0) is 50.6 Å². The molecule has 0 aromatic carbocycles. The molecule has 7 nitrogen and oxygen atoms in total. The van der Waals surface area contributed by atoms with Crippen LogP contribution >= 0.6 is 15.9 Å². The van der Waals surface area contributed by atoms with Crippen LogP contribution in [-0.2, 0) is 10.0 Å². The summed E-state index contributed by atoms with van der Waals surface area (Å²) in [5.74, 6) is -0.575. The number of fused-ring (bicyclic) bond motifs is 1. The molecule has 0 saturated heterocycles. The van der Waals surface area contributed by atoms with E-state index in [9.17, 15) is 13.2 Å². The van der Waals surface area contributed by atoms with Gasteiger partial charge >= 0.3 is 0 Å². The molecule has 0 fully saturated rings. The van der Waals surface area contributed by atoms with Crippen LogP contribution < -0.4 is 5.56 Å². The molecule has 1 aliphatic carbocycles. The van der Waals surface area contributed by atoms with Gasteiger partial charge in [-0.2, -0.15) is 0 Å². The van der Waals surface area contributed by atoms with E-state index in [1.54, 1.807) is 38.1 Å². The van der Waals surface area contributed by atoms with Gasteiger partial charge in [0.15, 0.2) is 0 Å². The van der Waals surface area contributed by atoms with Crippen LogP contribution in [0.2, 0.25) is 0 Å². The fourth-order valence-electron chi connectivity index (χ4n) is 3.81. The molecule has 2 atom stereocenters. The van der Waals surface area contributed by atoms with E-state index < -0.39 is 26.2 Å². The van der Waals surface area contributed by atoms with Crippen molar-refractivity contribution in [2.75, 3.05) is 0 Å². The van der Waals surface area contributed by atoms with E-state index in [0.29, 0.717) is 16.7 Å². The maximum Gasteiger partial charge on any atom is 0.273 e. The predicted octanol–water partition coefficient (Wildman–Crippen LogP) is 3.39. The summed E-state index contributed by atoms with van der Waals surface area (Å²) in [4.78, 5) is 23.5. The van der Waals surface area contributed by atoms with Crippen molar-refractivity contribution >= 4 is 36.9 Å². The first-order valence-corrected chi connectivity index (χ1v) is 11.2. The molecular formula is C20H19BrN4O3S. The van der Waals surface area contributed by atoms with Gasteiger partial charge in [-0.15, -0.1) is 0 Å². The molecule has 150 valence electrons. The number of hydrogen-bond donors (Lipinski definition) is 1. The van der Waals surface area contributed by atoms with Crippen molar-refractivity contribution in [3.8, 4) is 0 Å². The van der Waals surface area contributed by atoms with Crippen LogP contribution in [0.1, 0.15) is 31.2 Å². The van der Waals surface area contributed by atoms with Gasteiger partial charge in [-0.3, -0.25) is 4.79 Å². The van der Waals surface area contributed by atoms with E-state index in [-0.39, 0.29) is 5.52 Å². The molecule has 3 aromatic heterocycles. The van der Waals surface area contributed by atoms with Crippen molar-refractivity contribution in [1.29, 1.82) is 0 Å². The highest BCUT2D eigenvalue weighted by molar-refractivity contribution is 9.11. The molecule has 0 bridgehead atoms. The Labute approximate surface area is 176 Å². The molecule has 3 heterocycles. The molecule has 0 aliphatic heterocycles. The zero-order valence-corrected chi connectivity index (χ0v) is 18.5. The Morgan fingerprint density at radius 3 is 2.72 bits per heavy atom. The van der Waals surface area contributed by atoms with Gasteiger partial charge in [-0.25, -0.2) is 22.4 Å². The number of H-pyrrole nitrogens is 1. The van der Waals surface area contributed by atoms with Gasteiger partial charge < -0.3 is 4.98 Å². The second kappa shape index (κ2) is 6.77. The maximum atomic E-state index is 14.0. The van der Waals surface area contributed by atoms with Gasteiger partial charge in [0.25, 0.3) is 5.56 Å². The first-order chi connectivity index (χ1) is 13.7. The Kier molecular flexibility index (Phi) is 4.62. The Morgan fingerprint density at radius 2 is 2.00 bits per heavy atom. The number of aromatic nitrogens is 4. The van der Waals surface area contributed by atoms with E-state index in [4.69, 9.17) is 0 Å². The van der Waals surface area contributed by atoms with Crippen molar-refractivity contribution in [3.05, 3.63) is 80.9 Å². The minimum Gasteiger partial charge on any atom is -0.327 e. The average molecular weight is 475 g/mol. The predicted molar refractivity (Wildman–Crippen MR) is 116 cm³/mol. The first kappa shape index (κ1) is 19.8. The summed E-state index contributed by atoms with van der Waals surface area (Å²) in [6.45, 7) is 5.29. The SMILES string of the molecule is CC1=CC(Br)=CC(c2cc(C)ncn2)C1(C)S(=O)(=O)n1ccc2cc[nH]c(=O)c21. The van der Waals surface area contributed by atoms with E-state index >= 15 is 0 Å². The fourth-order valence-corrected chi connectivity index (χ4v) is 6.45. The highest BCUT2D eigenvalue weighted by Crippen LogP contribution is 2.46. The zero-order chi connectivity index (χ0) is 21.0. The van der Waals surface area contributed by atoms with Crippen LogP contribution in [0.15, 0.2) is 63.9 Å². The number of allylic oxidation sites excluding steroid dienone is 3.